The Bertz CT molecular complexity index is 1050. The average Bonchev–Trinajstić information content (AvgIpc) is 2.98. The van der Waals surface area contributed by atoms with Crippen LogP contribution >= 0.6 is 0 Å². The molecule has 6 nitrogen and oxygen atoms in total. The number of para-hydroxylation sites is 2. The van der Waals surface area contributed by atoms with Crippen LogP contribution in [0.1, 0.15) is 32.4 Å². The van der Waals surface area contributed by atoms with Gasteiger partial charge in [-0.2, -0.15) is 0 Å². The van der Waals surface area contributed by atoms with Gasteiger partial charge in [0.05, 0.1) is 28.8 Å². The molecule has 0 amide bonds. The van der Waals surface area contributed by atoms with Gasteiger partial charge in [0.2, 0.25) is 5.95 Å². The van der Waals surface area contributed by atoms with Crippen LogP contribution in [0.25, 0.3) is 11.0 Å². The molecule has 138 valence electrons. The summed E-state index contributed by atoms with van der Waals surface area (Å²) in [6.07, 6.45) is -0.223. The molecule has 0 saturated carbocycles. The van der Waals surface area contributed by atoms with Gasteiger partial charge in [-0.05, 0) is 50.6 Å². The molecule has 0 fully saturated rings. The molecule has 1 aliphatic rings. The number of anilines is 1. The van der Waals surface area contributed by atoms with Gasteiger partial charge in [0.15, 0.2) is 0 Å². The number of aromatic nitrogens is 2. The summed E-state index contributed by atoms with van der Waals surface area (Å²) in [5.74, 6) is 0.486. The number of nitrogens with zero attached hydrogens (tertiary/aromatic N) is 2. The van der Waals surface area contributed by atoms with Crippen molar-refractivity contribution in [2.24, 2.45) is 0 Å². The zero-order chi connectivity index (χ0) is 19.1. The molecule has 4 rings (SSSR count). The number of hydrogen-bond donors (Lipinski definition) is 2. The normalized spacial score (nSPS) is 16.4. The largest absolute Gasteiger partial charge is 0.508 e. The second-order valence-corrected chi connectivity index (χ2v) is 6.91. The van der Waals surface area contributed by atoms with Gasteiger partial charge in [-0.25, -0.2) is 9.78 Å². The van der Waals surface area contributed by atoms with Gasteiger partial charge in [0.1, 0.15) is 5.75 Å². The number of benzene rings is 2. The number of nitrogens with one attached hydrogen (secondary N) is 1. The predicted molar refractivity (Wildman–Crippen MR) is 104 cm³/mol. The zero-order valence-electron chi connectivity index (χ0n) is 15.4. The maximum Gasteiger partial charge on any atom is 0.338 e. The molecule has 0 saturated heterocycles. The highest BCUT2D eigenvalue weighted by atomic mass is 16.5. The highest BCUT2D eigenvalue weighted by Crippen LogP contribution is 2.39. The molecule has 0 radical (unpaired) electrons. The van der Waals surface area contributed by atoms with E-state index in [1.807, 2.05) is 61.7 Å². The molecule has 2 heterocycles. The molecule has 0 bridgehead atoms. The molecule has 3 aromatic rings. The minimum atomic E-state index is -0.402. The monoisotopic (exact) mass is 363 g/mol. The van der Waals surface area contributed by atoms with E-state index in [1.165, 1.54) is 0 Å². The van der Waals surface area contributed by atoms with Gasteiger partial charge in [-0.1, -0.05) is 24.3 Å². The van der Waals surface area contributed by atoms with Gasteiger partial charge in [-0.3, -0.25) is 4.57 Å². The van der Waals surface area contributed by atoms with Crippen molar-refractivity contribution in [2.45, 2.75) is 32.9 Å². The minimum absolute atomic E-state index is 0.176. The molecule has 0 aliphatic carbocycles. The number of ether oxygens (including phenoxy) is 1. The van der Waals surface area contributed by atoms with Crippen LogP contribution in [0.5, 0.6) is 5.75 Å². The summed E-state index contributed by atoms with van der Waals surface area (Å²) in [5, 5.41) is 12.9. The second kappa shape index (κ2) is 6.46. The van der Waals surface area contributed by atoms with Crippen LogP contribution in [0.2, 0.25) is 0 Å². The fraction of sp³-hybridized carbons (Fsp3) is 0.238. The van der Waals surface area contributed by atoms with E-state index in [1.54, 1.807) is 12.1 Å². The van der Waals surface area contributed by atoms with Gasteiger partial charge < -0.3 is 15.2 Å². The Hall–Kier alpha value is -3.28. The summed E-state index contributed by atoms with van der Waals surface area (Å²) < 4.78 is 7.52. The van der Waals surface area contributed by atoms with Crippen molar-refractivity contribution in [3.63, 3.8) is 0 Å². The van der Waals surface area contributed by atoms with Crippen molar-refractivity contribution in [2.75, 3.05) is 5.32 Å². The van der Waals surface area contributed by atoms with Crippen molar-refractivity contribution in [1.82, 2.24) is 9.55 Å². The minimum Gasteiger partial charge on any atom is -0.508 e. The molecular weight excluding hydrogens is 342 g/mol. The molecule has 0 spiro atoms. The van der Waals surface area contributed by atoms with Gasteiger partial charge >= 0.3 is 5.97 Å². The molecule has 2 N–H and O–H groups in total. The smallest absolute Gasteiger partial charge is 0.338 e. The molecule has 2 aromatic carbocycles. The van der Waals surface area contributed by atoms with Gasteiger partial charge in [0, 0.05) is 5.70 Å². The number of carbonyl (C=O) groups excluding carboxylic acids is 1. The number of esters is 1. The Labute approximate surface area is 157 Å². The van der Waals surface area contributed by atoms with E-state index < -0.39 is 6.04 Å². The number of carbonyl (C=O) groups is 1. The topological polar surface area (TPSA) is 76.4 Å². The molecule has 0 unspecified atom stereocenters. The lowest BCUT2D eigenvalue weighted by Crippen LogP contribution is -2.29. The van der Waals surface area contributed by atoms with Crippen molar-refractivity contribution in [3.05, 3.63) is 65.4 Å². The summed E-state index contributed by atoms with van der Waals surface area (Å²) in [7, 11) is 0. The number of imidazole rings is 1. The second-order valence-electron chi connectivity index (χ2n) is 6.91. The number of hydrogen-bond acceptors (Lipinski definition) is 5. The number of phenols is 1. The van der Waals surface area contributed by atoms with E-state index in [-0.39, 0.29) is 17.8 Å². The summed E-state index contributed by atoms with van der Waals surface area (Å²) >= 11 is 0. The fourth-order valence-electron chi connectivity index (χ4n) is 3.48. The number of fused-ring (bicyclic) bond motifs is 3. The first-order valence-corrected chi connectivity index (χ1v) is 8.90. The third-order valence-electron chi connectivity index (χ3n) is 4.60. The first kappa shape index (κ1) is 17.1. The maximum absolute atomic E-state index is 12.9. The summed E-state index contributed by atoms with van der Waals surface area (Å²) in [6.45, 7) is 5.52. The quantitative estimate of drug-likeness (QED) is 0.688. The Kier molecular flexibility index (Phi) is 4.11. The van der Waals surface area contributed by atoms with Crippen molar-refractivity contribution in [1.29, 1.82) is 0 Å². The van der Waals surface area contributed by atoms with Gasteiger partial charge in [-0.15, -0.1) is 0 Å². The van der Waals surface area contributed by atoms with Crippen LogP contribution in [0.3, 0.4) is 0 Å². The first-order valence-electron chi connectivity index (χ1n) is 8.90. The number of phenolic OH excluding ortho intramolecular Hbond substituents is 1. The highest BCUT2D eigenvalue weighted by molar-refractivity contribution is 5.94. The van der Waals surface area contributed by atoms with Crippen LogP contribution in [0.4, 0.5) is 5.95 Å². The third kappa shape index (κ3) is 2.93. The van der Waals surface area contributed by atoms with Crippen LogP contribution in [0.15, 0.2) is 59.8 Å². The Morgan fingerprint density at radius 2 is 1.89 bits per heavy atom. The van der Waals surface area contributed by atoms with E-state index in [4.69, 9.17) is 4.74 Å². The van der Waals surface area contributed by atoms with E-state index in [9.17, 15) is 9.90 Å². The third-order valence-corrected chi connectivity index (χ3v) is 4.60. The van der Waals surface area contributed by atoms with Crippen LogP contribution in [-0.4, -0.2) is 26.7 Å². The number of rotatable bonds is 3. The predicted octanol–water partition coefficient (Wildman–Crippen LogP) is 3.98. The number of aromatic hydroxyl groups is 1. The zero-order valence-corrected chi connectivity index (χ0v) is 15.4. The summed E-state index contributed by atoms with van der Waals surface area (Å²) in [4.78, 5) is 17.6. The standard InChI is InChI=1S/C21H21N3O3/c1-12(2)27-20(26)18-13(3)22-21-23-16-6-4-5-7-17(16)24(21)19(18)14-8-10-15(25)11-9-14/h4-12,19,25H,1-3H3,(H,22,23)/t19-/m0/s1. The molecule has 6 heteroatoms. The molecule has 1 atom stereocenters. The average molecular weight is 363 g/mol. The van der Waals surface area contributed by atoms with Crippen molar-refractivity contribution >= 4 is 23.0 Å². The van der Waals surface area contributed by atoms with Crippen molar-refractivity contribution in [3.8, 4) is 5.75 Å². The summed E-state index contributed by atoms with van der Waals surface area (Å²) in [6, 6.07) is 14.3. The van der Waals surface area contributed by atoms with E-state index >= 15 is 0 Å². The highest BCUT2D eigenvalue weighted by Gasteiger charge is 2.35. The Balaban J connectivity index is 1.95. The molecule has 1 aromatic heterocycles. The Morgan fingerprint density at radius 1 is 1.19 bits per heavy atom. The maximum atomic E-state index is 12.9. The van der Waals surface area contributed by atoms with Gasteiger partial charge in [0.25, 0.3) is 0 Å². The summed E-state index contributed by atoms with van der Waals surface area (Å²) in [5.41, 5.74) is 3.87. The van der Waals surface area contributed by atoms with Crippen LogP contribution < -0.4 is 5.32 Å². The lowest BCUT2D eigenvalue weighted by molar-refractivity contribution is -0.143. The van der Waals surface area contributed by atoms with Crippen molar-refractivity contribution < 1.29 is 14.6 Å². The Morgan fingerprint density at radius 3 is 2.59 bits per heavy atom. The van der Waals surface area contributed by atoms with Crippen LogP contribution in [-0.2, 0) is 9.53 Å². The molecule has 1 aliphatic heterocycles. The lowest BCUT2D eigenvalue weighted by atomic mass is 9.95. The van der Waals surface area contributed by atoms with Crippen LogP contribution in [0, 0.1) is 0 Å². The molecular formula is C21H21N3O3. The first-order chi connectivity index (χ1) is 13.0. The fourth-order valence-corrected chi connectivity index (χ4v) is 3.48. The molecule has 27 heavy (non-hydrogen) atoms. The van der Waals surface area contributed by atoms with E-state index in [2.05, 4.69) is 10.3 Å². The van der Waals surface area contributed by atoms with E-state index in [0.29, 0.717) is 17.2 Å². The number of allylic oxidation sites excluding steroid dienone is 1. The van der Waals surface area contributed by atoms with E-state index in [0.717, 1.165) is 16.6 Å². The SMILES string of the molecule is CC1=C(C(=O)OC(C)C)[C@H](c2ccc(O)cc2)n2c(nc3ccccc32)N1. The lowest BCUT2D eigenvalue weighted by Gasteiger charge is -2.30.